The molecule has 0 saturated carbocycles. The Morgan fingerprint density at radius 1 is 0.926 bits per heavy atom. The third-order valence-corrected chi connectivity index (χ3v) is 6.11. The van der Waals surface area contributed by atoms with E-state index >= 15 is 0 Å². The van der Waals surface area contributed by atoms with Gasteiger partial charge in [0.05, 0.1) is 6.54 Å². The van der Waals surface area contributed by atoms with Crippen LogP contribution in [0, 0.1) is 0 Å². The molecule has 142 valence electrons. The van der Waals surface area contributed by atoms with E-state index in [9.17, 15) is 9.59 Å². The van der Waals surface area contributed by atoms with Gasteiger partial charge in [0.15, 0.2) is 0 Å². The first kappa shape index (κ1) is 18.1. The average Bonchev–Trinajstić information content (AvgIpc) is 3.41. The lowest BCUT2D eigenvalue weighted by molar-refractivity contribution is -0.131. The number of thiazole rings is 1. The van der Waals surface area contributed by atoms with Gasteiger partial charge in [-0.2, -0.15) is 0 Å². The summed E-state index contributed by atoms with van der Waals surface area (Å²) >= 11 is 1.50. The Labute approximate surface area is 163 Å². The lowest BCUT2D eigenvalue weighted by atomic mass is 10.2. The minimum atomic E-state index is -0.0149. The maximum atomic E-state index is 12.8. The maximum Gasteiger partial charge on any atom is 0.273 e. The van der Waals surface area contributed by atoms with Gasteiger partial charge in [-0.25, -0.2) is 4.98 Å². The molecule has 6 nitrogen and oxygen atoms in total. The highest BCUT2D eigenvalue weighted by atomic mass is 32.1. The second-order valence-corrected chi connectivity index (χ2v) is 7.92. The molecule has 0 bridgehead atoms. The fourth-order valence-electron chi connectivity index (χ4n) is 3.61. The quantitative estimate of drug-likeness (QED) is 0.811. The summed E-state index contributed by atoms with van der Waals surface area (Å²) < 4.78 is 0. The number of amides is 2. The van der Waals surface area contributed by atoms with Crippen LogP contribution < -0.4 is 0 Å². The van der Waals surface area contributed by atoms with E-state index in [-0.39, 0.29) is 11.8 Å². The summed E-state index contributed by atoms with van der Waals surface area (Å²) in [6, 6.07) is 9.92. The fraction of sp³-hybridized carbons (Fsp3) is 0.450. The molecule has 2 amide bonds. The summed E-state index contributed by atoms with van der Waals surface area (Å²) in [6.45, 7) is 5.02. The lowest BCUT2D eigenvalue weighted by Gasteiger charge is -2.34. The van der Waals surface area contributed by atoms with E-state index in [1.54, 1.807) is 0 Å². The number of hydrogen-bond acceptors (Lipinski definition) is 5. The van der Waals surface area contributed by atoms with Crippen LogP contribution in [-0.2, 0) is 4.79 Å². The van der Waals surface area contributed by atoms with Gasteiger partial charge in [-0.3, -0.25) is 14.5 Å². The van der Waals surface area contributed by atoms with Gasteiger partial charge >= 0.3 is 0 Å². The first-order valence-corrected chi connectivity index (χ1v) is 10.4. The van der Waals surface area contributed by atoms with E-state index in [0.717, 1.165) is 49.6 Å². The highest BCUT2D eigenvalue weighted by Gasteiger charge is 2.26. The molecule has 2 aliphatic heterocycles. The van der Waals surface area contributed by atoms with Gasteiger partial charge in [0.1, 0.15) is 10.7 Å². The van der Waals surface area contributed by atoms with E-state index < -0.39 is 0 Å². The van der Waals surface area contributed by atoms with Crippen molar-refractivity contribution >= 4 is 23.2 Å². The van der Waals surface area contributed by atoms with Crippen molar-refractivity contribution in [2.24, 2.45) is 0 Å². The van der Waals surface area contributed by atoms with Gasteiger partial charge in [0.2, 0.25) is 5.91 Å². The molecule has 0 N–H and O–H groups in total. The number of benzene rings is 1. The SMILES string of the molecule is O=C(CN1CCN(C(=O)c2csc(-c3ccccc3)n2)CC1)N1CCCC1. The Bertz CT molecular complexity index is 793. The zero-order valence-electron chi connectivity index (χ0n) is 15.3. The van der Waals surface area contributed by atoms with Crippen molar-refractivity contribution in [1.82, 2.24) is 19.7 Å². The predicted octanol–water partition coefficient (Wildman–Crippen LogP) is 2.19. The summed E-state index contributed by atoms with van der Waals surface area (Å²) in [5.74, 6) is 0.207. The molecule has 0 unspecified atom stereocenters. The molecular formula is C20H24N4O2S. The lowest BCUT2D eigenvalue weighted by Crippen LogP contribution is -2.51. The number of aromatic nitrogens is 1. The van der Waals surface area contributed by atoms with Gasteiger partial charge in [0, 0.05) is 50.2 Å². The smallest absolute Gasteiger partial charge is 0.273 e. The second kappa shape index (κ2) is 8.19. The zero-order chi connectivity index (χ0) is 18.6. The minimum Gasteiger partial charge on any atom is -0.342 e. The third-order valence-electron chi connectivity index (χ3n) is 5.22. The summed E-state index contributed by atoms with van der Waals surface area (Å²) in [5.41, 5.74) is 1.55. The molecule has 2 fully saturated rings. The van der Waals surface area contributed by atoms with Crippen molar-refractivity contribution in [2.45, 2.75) is 12.8 Å². The van der Waals surface area contributed by atoms with Crippen LogP contribution in [0.3, 0.4) is 0 Å². The van der Waals surface area contributed by atoms with Gasteiger partial charge < -0.3 is 9.80 Å². The normalized spacial score (nSPS) is 18.1. The van der Waals surface area contributed by atoms with Crippen molar-refractivity contribution in [3.63, 3.8) is 0 Å². The maximum absolute atomic E-state index is 12.8. The topological polar surface area (TPSA) is 56.8 Å². The van der Waals surface area contributed by atoms with E-state index in [0.29, 0.717) is 25.3 Å². The first-order valence-electron chi connectivity index (χ1n) is 9.51. The van der Waals surface area contributed by atoms with Gasteiger partial charge in [-0.15, -0.1) is 11.3 Å². The monoisotopic (exact) mass is 384 g/mol. The standard InChI is InChI=1S/C20H24N4O2S/c25-18(23-8-4-5-9-23)14-22-10-12-24(13-11-22)20(26)17-15-27-19(21-17)16-6-2-1-3-7-16/h1-3,6-7,15H,4-5,8-14H2. The minimum absolute atomic E-state index is 0.0149. The van der Waals surface area contributed by atoms with E-state index in [1.165, 1.54) is 11.3 Å². The van der Waals surface area contributed by atoms with Gasteiger partial charge in [0.25, 0.3) is 5.91 Å². The van der Waals surface area contributed by atoms with Gasteiger partial charge in [-0.05, 0) is 12.8 Å². The molecule has 0 spiro atoms. The van der Waals surface area contributed by atoms with Crippen LogP contribution in [0.2, 0.25) is 0 Å². The van der Waals surface area contributed by atoms with Crippen LogP contribution in [0.1, 0.15) is 23.3 Å². The molecule has 7 heteroatoms. The van der Waals surface area contributed by atoms with Crippen molar-refractivity contribution in [1.29, 1.82) is 0 Å². The number of carbonyl (C=O) groups excluding carboxylic acids is 2. The molecule has 1 aromatic heterocycles. The summed E-state index contributed by atoms with van der Waals surface area (Å²) in [5, 5.41) is 2.71. The summed E-state index contributed by atoms with van der Waals surface area (Å²) in [7, 11) is 0. The fourth-order valence-corrected chi connectivity index (χ4v) is 4.41. The van der Waals surface area contributed by atoms with Crippen LogP contribution in [0.5, 0.6) is 0 Å². The molecule has 2 aliphatic rings. The van der Waals surface area contributed by atoms with Crippen molar-refractivity contribution in [3.05, 3.63) is 41.4 Å². The average molecular weight is 385 g/mol. The molecule has 4 rings (SSSR count). The highest BCUT2D eigenvalue weighted by molar-refractivity contribution is 7.13. The van der Waals surface area contributed by atoms with Crippen molar-refractivity contribution in [2.75, 3.05) is 45.8 Å². The Kier molecular flexibility index (Phi) is 5.50. The van der Waals surface area contributed by atoms with Crippen LogP contribution in [0.4, 0.5) is 0 Å². The summed E-state index contributed by atoms with van der Waals surface area (Å²) in [4.78, 5) is 35.5. The number of carbonyl (C=O) groups is 2. The molecule has 2 saturated heterocycles. The third kappa shape index (κ3) is 4.20. The second-order valence-electron chi connectivity index (χ2n) is 7.06. The molecule has 0 aliphatic carbocycles. The molecule has 3 heterocycles. The largest absolute Gasteiger partial charge is 0.342 e. The highest BCUT2D eigenvalue weighted by Crippen LogP contribution is 2.24. The van der Waals surface area contributed by atoms with Crippen LogP contribution in [-0.4, -0.2) is 77.3 Å². The zero-order valence-corrected chi connectivity index (χ0v) is 16.2. The number of hydrogen-bond donors (Lipinski definition) is 0. The molecule has 0 atom stereocenters. The Morgan fingerprint density at radius 2 is 1.63 bits per heavy atom. The van der Waals surface area contributed by atoms with Crippen molar-refractivity contribution in [3.8, 4) is 10.6 Å². The Morgan fingerprint density at radius 3 is 2.33 bits per heavy atom. The van der Waals surface area contributed by atoms with Crippen LogP contribution in [0.15, 0.2) is 35.7 Å². The first-order chi connectivity index (χ1) is 13.2. The van der Waals surface area contributed by atoms with Crippen LogP contribution in [0.25, 0.3) is 10.6 Å². The Hall–Kier alpha value is -2.25. The summed E-state index contributed by atoms with van der Waals surface area (Å²) in [6.07, 6.45) is 2.24. The number of piperazine rings is 1. The number of likely N-dealkylation sites (tertiary alicyclic amines) is 1. The molecule has 1 aromatic carbocycles. The van der Waals surface area contributed by atoms with E-state index in [2.05, 4.69) is 9.88 Å². The molecular weight excluding hydrogens is 360 g/mol. The van der Waals surface area contributed by atoms with E-state index in [1.807, 2.05) is 45.5 Å². The van der Waals surface area contributed by atoms with Crippen LogP contribution >= 0.6 is 11.3 Å². The molecule has 27 heavy (non-hydrogen) atoms. The molecule has 0 radical (unpaired) electrons. The number of nitrogens with zero attached hydrogens (tertiary/aromatic N) is 4. The number of rotatable bonds is 4. The van der Waals surface area contributed by atoms with E-state index in [4.69, 9.17) is 0 Å². The van der Waals surface area contributed by atoms with Crippen molar-refractivity contribution < 1.29 is 9.59 Å². The van der Waals surface area contributed by atoms with Gasteiger partial charge in [-0.1, -0.05) is 30.3 Å². The Balaban J connectivity index is 1.31. The predicted molar refractivity (Wildman–Crippen MR) is 106 cm³/mol. The molecule has 2 aromatic rings.